The van der Waals surface area contributed by atoms with E-state index in [0.29, 0.717) is 23.3 Å². The predicted octanol–water partition coefficient (Wildman–Crippen LogP) is 6.64. The highest BCUT2D eigenvalue weighted by Crippen LogP contribution is 2.61. The number of nitrogens with zero attached hydrogens (tertiary/aromatic N) is 1. The molecule has 4 aliphatic carbocycles. The zero-order valence-electron chi connectivity index (χ0n) is 24.6. The van der Waals surface area contributed by atoms with Crippen molar-refractivity contribution in [2.24, 2.45) is 23.2 Å². The van der Waals surface area contributed by atoms with Gasteiger partial charge in [0, 0.05) is 50.1 Å². The van der Waals surface area contributed by atoms with E-state index in [-0.39, 0.29) is 5.91 Å². The van der Waals surface area contributed by atoms with E-state index in [0.717, 1.165) is 85.7 Å². The third-order valence-electron chi connectivity index (χ3n) is 9.90. The first-order chi connectivity index (χ1) is 19.2. The van der Waals surface area contributed by atoms with Crippen LogP contribution >= 0.6 is 0 Å². The number of hydrogen-bond donors (Lipinski definition) is 2. The smallest absolute Gasteiger partial charge is 0.241 e. The van der Waals surface area contributed by atoms with Gasteiger partial charge in [0.25, 0.3) is 0 Å². The molecule has 4 aliphatic rings. The van der Waals surface area contributed by atoms with Crippen molar-refractivity contribution >= 4 is 32.4 Å². The minimum absolute atomic E-state index is 0.243. The molecule has 0 atom stereocenters. The summed E-state index contributed by atoms with van der Waals surface area (Å²) in [4.78, 5) is 14.8. The van der Waals surface area contributed by atoms with Crippen molar-refractivity contribution in [3.63, 3.8) is 0 Å². The van der Waals surface area contributed by atoms with Crippen molar-refractivity contribution in [3.05, 3.63) is 36.4 Å². The number of carbonyl (C=O) groups excluding carboxylic acids is 1. The predicted molar refractivity (Wildman–Crippen MR) is 164 cm³/mol. The van der Waals surface area contributed by atoms with E-state index in [4.69, 9.17) is 0 Å². The van der Waals surface area contributed by atoms with Gasteiger partial charge in [-0.1, -0.05) is 49.9 Å². The molecule has 4 bridgehead atoms. The first kappa shape index (κ1) is 29.4. The Morgan fingerprint density at radius 3 is 2.05 bits per heavy atom. The maximum absolute atomic E-state index is 13.0. The summed E-state index contributed by atoms with van der Waals surface area (Å²) in [6, 6.07) is 11.3. The highest BCUT2D eigenvalue weighted by Gasteiger charge is 2.50. The molecular weight excluding hydrogens is 518 g/mol. The van der Waals surface area contributed by atoms with Crippen LogP contribution in [-0.4, -0.2) is 41.5 Å². The summed E-state index contributed by atoms with van der Waals surface area (Å²) in [6.07, 6.45) is 16.5. The lowest BCUT2D eigenvalue weighted by Gasteiger charge is -2.57. The Morgan fingerprint density at radius 1 is 0.825 bits per heavy atom. The fraction of sp³-hybridized carbons (Fsp3) is 0.667. The molecule has 4 saturated carbocycles. The van der Waals surface area contributed by atoms with E-state index in [1.807, 2.05) is 49.3 Å². The highest BCUT2D eigenvalue weighted by atomic mass is 32.2. The van der Waals surface area contributed by atoms with E-state index in [1.54, 1.807) is 6.07 Å². The second kappa shape index (κ2) is 12.8. The topological polar surface area (TPSA) is 78.5 Å². The number of hydrogen-bond acceptors (Lipinski definition) is 4. The average Bonchev–Trinajstić information content (AvgIpc) is 2.91. The molecule has 2 aromatic carbocycles. The number of carbonyl (C=O) groups is 1. The zero-order chi connectivity index (χ0) is 28.2. The minimum Gasteiger partial charge on any atom is -0.377 e. The van der Waals surface area contributed by atoms with Crippen molar-refractivity contribution in [1.82, 2.24) is 10.0 Å². The Hall–Kier alpha value is -2.12. The van der Waals surface area contributed by atoms with E-state index in [1.165, 1.54) is 38.5 Å². The molecular formula is C33H49N3O3S. The maximum Gasteiger partial charge on any atom is 0.241 e. The van der Waals surface area contributed by atoms with Crippen molar-refractivity contribution in [2.75, 3.05) is 32.1 Å². The Balaban J connectivity index is 0.928. The molecule has 4 fully saturated rings. The molecule has 7 heteroatoms. The molecule has 6 rings (SSSR count). The number of nitrogens with one attached hydrogen (secondary N) is 2. The Kier molecular flexibility index (Phi) is 9.41. The van der Waals surface area contributed by atoms with Crippen LogP contribution in [0.4, 0.5) is 5.69 Å². The SMILES string of the molecule is CN(C)c1cccc2c(S(=O)(=O)NCCCCCCCCNC(=O)CCC34CC5CC(CC(C5)C3)C4)cccc12. The van der Waals surface area contributed by atoms with Gasteiger partial charge in [-0.05, 0) is 93.1 Å². The van der Waals surface area contributed by atoms with Gasteiger partial charge in [0.05, 0.1) is 4.90 Å². The normalized spacial score (nSPS) is 25.4. The minimum atomic E-state index is -3.57. The Labute approximate surface area is 241 Å². The number of benzene rings is 2. The van der Waals surface area contributed by atoms with Crippen LogP contribution in [0, 0.1) is 23.2 Å². The van der Waals surface area contributed by atoms with Gasteiger partial charge < -0.3 is 10.2 Å². The molecule has 2 N–H and O–H groups in total. The van der Waals surface area contributed by atoms with Gasteiger partial charge in [0.1, 0.15) is 0 Å². The van der Waals surface area contributed by atoms with Gasteiger partial charge in [-0.3, -0.25) is 4.79 Å². The third-order valence-corrected chi connectivity index (χ3v) is 11.4. The second-order valence-corrected chi connectivity index (χ2v) is 15.0. The van der Waals surface area contributed by atoms with Crippen LogP contribution < -0.4 is 14.9 Å². The summed E-state index contributed by atoms with van der Waals surface area (Å²) in [5.41, 5.74) is 1.50. The first-order valence-corrected chi connectivity index (χ1v) is 17.2. The standard InChI is InChI=1S/C33H49N3O3S/c1-36(2)30-13-9-12-29-28(30)11-10-14-31(29)40(38,39)35-18-8-6-4-3-5-7-17-34-32(37)15-16-33-22-25-19-26(23-33)21-27(20-25)24-33/h9-14,25-27,35H,3-8,15-24H2,1-2H3,(H,34,37). The molecule has 0 spiro atoms. The molecule has 220 valence electrons. The van der Waals surface area contributed by atoms with E-state index >= 15 is 0 Å². The van der Waals surface area contributed by atoms with Crippen LogP contribution in [0.15, 0.2) is 41.3 Å². The molecule has 0 saturated heterocycles. The summed E-state index contributed by atoms with van der Waals surface area (Å²) in [5, 5.41) is 4.85. The third kappa shape index (κ3) is 7.02. The average molecular weight is 568 g/mol. The lowest BCUT2D eigenvalue weighted by atomic mass is 9.48. The summed E-state index contributed by atoms with van der Waals surface area (Å²) >= 11 is 0. The van der Waals surface area contributed by atoms with Crippen molar-refractivity contribution in [3.8, 4) is 0 Å². The van der Waals surface area contributed by atoms with Gasteiger partial charge in [0.15, 0.2) is 0 Å². The Bertz CT molecular complexity index is 1240. The van der Waals surface area contributed by atoms with Crippen molar-refractivity contribution < 1.29 is 13.2 Å². The van der Waals surface area contributed by atoms with Crippen LogP contribution in [-0.2, 0) is 14.8 Å². The number of unbranched alkanes of at least 4 members (excludes halogenated alkanes) is 5. The van der Waals surface area contributed by atoms with Crippen LogP contribution in [0.5, 0.6) is 0 Å². The van der Waals surface area contributed by atoms with Crippen LogP contribution in [0.25, 0.3) is 10.8 Å². The lowest BCUT2D eigenvalue weighted by molar-refractivity contribution is -0.123. The second-order valence-electron chi connectivity index (χ2n) is 13.3. The summed E-state index contributed by atoms with van der Waals surface area (Å²) in [6.45, 7) is 1.23. The maximum atomic E-state index is 13.0. The van der Waals surface area contributed by atoms with Crippen molar-refractivity contribution in [1.29, 1.82) is 0 Å². The van der Waals surface area contributed by atoms with Gasteiger partial charge >= 0.3 is 0 Å². The first-order valence-electron chi connectivity index (χ1n) is 15.7. The molecule has 0 aliphatic heterocycles. The highest BCUT2D eigenvalue weighted by molar-refractivity contribution is 7.89. The van der Waals surface area contributed by atoms with Gasteiger partial charge in [-0.2, -0.15) is 0 Å². The fourth-order valence-electron chi connectivity index (χ4n) is 8.42. The number of rotatable bonds is 15. The summed E-state index contributed by atoms with van der Waals surface area (Å²) < 4.78 is 28.9. The molecule has 40 heavy (non-hydrogen) atoms. The number of anilines is 1. The molecule has 2 aromatic rings. The molecule has 0 unspecified atom stereocenters. The molecule has 0 aromatic heterocycles. The van der Waals surface area contributed by atoms with Gasteiger partial charge in [-0.15, -0.1) is 0 Å². The van der Waals surface area contributed by atoms with E-state index < -0.39 is 10.0 Å². The largest absolute Gasteiger partial charge is 0.377 e. The monoisotopic (exact) mass is 567 g/mol. The van der Waals surface area contributed by atoms with Crippen LogP contribution in [0.3, 0.4) is 0 Å². The van der Waals surface area contributed by atoms with Gasteiger partial charge in [0.2, 0.25) is 15.9 Å². The molecule has 6 nitrogen and oxygen atoms in total. The van der Waals surface area contributed by atoms with E-state index in [9.17, 15) is 13.2 Å². The van der Waals surface area contributed by atoms with Gasteiger partial charge in [-0.25, -0.2) is 13.1 Å². The Morgan fingerprint density at radius 2 is 1.40 bits per heavy atom. The zero-order valence-corrected chi connectivity index (χ0v) is 25.4. The van der Waals surface area contributed by atoms with Crippen LogP contribution in [0.1, 0.15) is 89.9 Å². The lowest BCUT2D eigenvalue weighted by Crippen LogP contribution is -2.46. The number of fused-ring (bicyclic) bond motifs is 1. The molecule has 1 amide bonds. The number of sulfonamides is 1. The quantitative estimate of drug-likeness (QED) is 0.237. The summed E-state index contributed by atoms with van der Waals surface area (Å²) in [7, 11) is 0.363. The number of amides is 1. The van der Waals surface area contributed by atoms with E-state index in [2.05, 4.69) is 10.0 Å². The molecule has 0 heterocycles. The van der Waals surface area contributed by atoms with Crippen LogP contribution in [0.2, 0.25) is 0 Å². The summed E-state index contributed by atoms with van der Waals surface area (Å²) in [5.74, 6) is 3.10. The van der Waals surface area contributed by atoms with Crippen molar-refractivity contribution in [2.45, 2.75) is 94.8 Å². The fourth-order valence-corrected chi connectivity index (χ4v) is 9.72. The molecule has 0 radical (unpaired) electrons.